The lowest BCUT2D eigenvalue weighted by molar-refractivity contribution is -0.130. The van der Waals surface area contributed by atoms with E-state index in [0.29, 0.717) is 24.5 Å². The summed E-state index contributed by atoms with van der Waals surface area (Å²) in [5.74, 6) is -0.225. The molecule has 2 atom stereocenters. The van der Waals surface area contributed by atoms with Crippen LogP contribution in [0.5, 0.6) is 0 Å². The van der Waals surface area contributed by atoms with Gasteiger partial charge in [0.15, 0.2) is 0 Å². The van der Waals surface area contributed by atoms with Gasteiger partial charge in [-0.15, -0.1) is 0 Å². The van der Waals surface area contributed by atoms with E-state index in [1.165, 1.54) is 0 Å². The predicted octanol–water partition coefficient (Wildman–Crippen LogP) is 3.10. The van der Waals surface area contributed by atoms with E-state index in [1.54, 1.807) is 0 Å². The fourth-order valence-electron chi connectivity index (χ4n) is 3.65. The van der Waals surface area contributed by atoms with Gasteiger partial charge in [-0.25, -0.2) is 0 Å². The summed E-state index contributed by atoms with van der Waals surface area (Å²) < 4.78 is 0. The van der Waals surface area contributed by atoms with Crippen molar-refractivity contribution < 1.29 is 9.59 Å². The third-order valence-electron chi connectivity index (χ3n) is 5.27. The molecule has 1 aromatic rings. The summed E-state index contributed by atoms with van der Waals surface area (Å²) in [6.07, 6.45) is 2.15. The number of carbonyl (C=O) groups is 2. The van der Waals surface area contributed by atoms with Crippen LogP contribution in [-0.2, 0) is 9.59 Å². The Balaban J connectivity index is 1.99. The summed E-state index contributed by atoms with van der Waals surface area (Å²) in [6.45, 7) is 5.15. The van der Waals surface area contributed by atoms with Crippen LogP contribution in [0, 0.1) is 5.92 Å². The number of hydrogen-bond donors (Lipinski definition) is 1. The molecular weight excluding hydrogens is 350 g/mol. The Labute approximate surface area is 161 Å². The van der Waals surface area contributed by atoms with Crippen molar-refractivity contribution in [3.63, 3.8) is 0 Å². The molecule has 1 heterocycles. The highest BCUT2D eigenvalue weighted by Gasteiger charge is 2.37. The van der Waals surface area contributed by atoms with Crippen LogP contribution in [0.1, 0.15) is 44.7 Å². The van der Waals surface area contributed by atoms with Crippen molar-refractivity contribution >= 4 is 23.4 Å². The molecule has 1 aliphatic rings. The lowest BCUT2D eigenvalue weighted by Crippen LogP contribution is -2.40. The number of likely N-dealkylation sites (N-methyl/N-ethyl adjacent to an activating group) is 1. The molecule has 1 saturated heterocycles. The first-order valence-corrected chi connectivity index (χ1v) is 9.74. The van der Waals surface area contributed by atoms with E-state index in [4.69, 9.17) is 11.6 Å². The molecule has 2 amide bonds. The number of amides is 2. The zero-order valence-corrected chi connectivity index (χ0v) is 16.9. The van der Waals surface area contributed by atoms with Gasteiger partial charge in [-0.3, -0.25) is 9.59 Å². The summed E-state index contributed by atoms with van der Waals surface area (Å²) in [7, 11) is 3.93. The Kier molecular flexibility index (Phi) is 7.47. The molecule has 26 heavy (non-hydrogen) atoms. The Morgan fingerprint density at radius 1 is 1.31 bits per heavy atom. The number of nitrogens with zero attached hydrogens (tertiary/aromatic N) is 2. The summed E-state index contributed by atoms with van der Waals surface area (Å²) in [4.78, 5) is 28.8. The Morgan fingerprint density at radius 3 is 2.54 bits per heavy atom. The van der Waals surface area contributed by atoms with Crippen LogP contribution in [0.15, 0.2) is 24.3 Å². The smallest absolute Gasteiger partial charge is 0.225 e. The van der Waals surface area contributed by atoms with Gasteiger partial charge in [0.05, 0.1) is 12.0 Å². The zero-order chi connectivity index (χ0) is 19.3. The summed E-state index contributed by atoms with van der Waals surface area (Å²) in [5, 5.41) is 3.72. The first-order chi connectivity index (χ1) is 12.4. The highest BCUT2D eigenvalue weighted by atomic mass is 35.5. The average molecular weight is 380 g/mol. The minimum atomic E-state index is -0.267. The van der Waals surface area contributed by atoms with E-state index < -0.39 is 0 Å². The molecule has 2 rings (SSSR count). The number of rotatable bonds is 8. The Bertz CT molecular complexity index is 631. The summed E-state index contributed by atoms with van der Waals surface area (Å²) >= 11 is 6.32. The van der Waals surface area contributed by atoms with E-state index in [0.717, 1.165) is 18.4 Å². The Morgan fingerprint density at radius 2 is 1.96 bits per heavy atom. The SMILES string of the molecule is CCC(CC)N1CC(C(=O)NCC(c2ccccc2Cl)N(C)C)CC1=O. The molecule has 1 aliphatic heterocycles. The molecule has 1 fully saturated rings. The number of benzene rings is 1. The minimum absolute atomic E-state index is 0.0140. The number of nitrogens with one attached hydrogen (secondary N) is 1. The van der Waals surface area contributed by atoms with Crippen molar-refractivity contribution in [3.05, 3.63) is 34.9 Å². The number of likely N-dealkylation sites (tertiary alicyclic amines) is 1. The maximum Gasteiger partial charge on any atom is 0.225 e. The molecule has 0 radical (unpaired) electrons. The molecule has 0 aromatic heterocycles. The maximum absolute atomic E-state index is 12.6. The highest BCUT2D eigenvalue weighted by Crippen LogP contribution is 2.26. The van der Waals surface area contributed by atoms with Crippen LogP contribution in [0.3, 0.4) is 0 Å². The molecule has 1 N–H and O–H groups in total. The third-order valence-corrected chi connectivity index (χ3v) is 5.61. The van der Waals surface area contributed by atoms with Gasteiger partial charge < -0.3 is 15.1 Å². The van der Waals surface area contributed by atoms with Crippen LogP contribution >= 0.6 is 11.6 Å². The molecule has 2 unspecified atom stereocenters. The van der Waals surface area contributed by atoms with Crippen LogP contribution in [0.4, 0.5) is 0 Å². The summed E-state index contributed by atoms with van der Waals surface area (Å²) in [5.41, 5.74) is 0.987. The third kappa shape index (κ3) is 4.77. The van der Waals surface area contributed by atoms with E-state index in [9.17, 15) is 9.59 Å². The fraction of sp³-hybridized carbons (Fsp3) is 0.600. The molecule has 0 bridgehead atoms. The number of halogens is 1. The number of carbonyl (C=O) groups excluding carboxylic acids is 2. The quantitative estimate of drug-likeness (QED) is 0.755. The lowest BCUT2D eigenvalue weighted by Gasteiger charge is -2.27. The lowest BCUT2D eigenvalue weighted by atomic mass is 10.0. The normalized spacial score (nSPS) is 18.7. The van der Waals surface area contributed by atoms with Gasteiger partial charge in [0.25, 0.3) is 0 Å². The second-order valence-corrected chi connectivity index (χ2v) is 7.57. The maximum atomic E-state index is 12.6. The summed E-state index contributed by atoms with van der Waals surface area (Å²) in [6, 6.07) is 7.90. The molecule has 0 spiro atoms. The van der Waals surface area contributed by atoms with E-state index in [-0.39, 0.29) is 29.8 Å². The molecule has 0 aliphatic carbocycles. The second kappa shape index (κ2) is 9.38. The van der Waals surface area contributed by atoms with Crippen LogP contribution in [-0.4, -0.2) is 54.8 Å². The molecule has 0 saturated carbocycles. The van der Waals surface area contributed by atoms with Gasteiger partial charge in [0.1, 0.15) is 0 Å². The van der Waals surface area contributed by atoms with Gasteiger partial charge in [0.2, 0.25) is 11.8 Å². The van der Waals surface area contributed by atoms with E-state index >= 15 is 0 Å². The van der Waals surface area contributed by atoms with Gasteiger partial charge >= 0.3 is 0 Å². The molecular formula is C20H30ClN3O2. The van der Waals surface area contributed by atoms with E-state index in [1.807, 2.05) is 48.2 Å². The highest BCUT2D eigenvalue weighted by molar-refractivity contribution is 6.31. The second-order valence-electron chi connectivity index (χ2n) is 7.16. The average Bonchev–Trinajstić information content (AvgIpc) is 2.99. The standard InChI is InChI=1S/C20H30ClN3O2/c1-5-15(6-2)24-13-14(11-19(24)25)20(26)22-12-18(23(3)4)16-9-7-8-10-17(16)21/h7-10,14-15,18H,5-6,11-13H2,1-4H3,(H,22,26). The van der Waals surface area contributed by atoms with E-state index in [2.05, 4.69) is 19.2 Å². The van der Waals surface area contributed by atoms with Gasteiger partial charge in [-0.2, -0.15) is 0 Å². The molecule has 1 aromatic carbocycles. The van der Waals surface area contributed by atoms with Crippen LogP contribution < -0.4 is 5.32 Å². The molecule has 144 valence electrons. The van der Waals surface area contributed by atoms with Crippen molar-refractivity contribution in [3.8, 4) is 0 Å². The molecule has 5 nitrogen and oxygen atoms in total. The van der Waals surface area contributed by atoms with Crippen molar-refractivity contribution in [2.24, 2.45) is 5.92 Å². The van der Waals surface area contributed by atoms with Gasteiger partial charge in [-0.1, -0.05) is 43.6 Å². The van der Waals surface area contributed by atoms with Gasteiger partial charge in [0, 0.05) is 30.6 Å². The molecule has 6 heteroatoms. The zero-order valence-electron chi connectivity index (χ0n) is 16.2. The van der Waals surface area contributed by atoms with Crippen molar-refractivity contribution in [2.75, 3.05) is 27.2 Å². The van der Waals surface area contributed by atoms with Gasteiger partial charge in [-0.05, 0) is 38.6 Å². The van der Waals surface area contributed by atoms with Crippen molar-refractivity contribution in [2.45, 2.75) is 45.2 Å². The Hall–Kier alpha value is -1.59. The van der Waals surface area contributed by atoms with Crippen molar-refractivity contribution in [1.82, 2.24) is 15.1 Å². The topological polar surface area (TPSA) is 52.7 Å². The predicted molar refractivity (Wildman–Crippen MR) is 105 cm³/mol. The minimum Gasteiger partial charge on any atom is -0.354 e. The first kappa shape index (κ1) is 20.7. The monoisotopic (exact) mass is 379 g/mol. The largest absolute Gasteiger partial charge is 0.354 e. The first-order valence-electron chi connectivity index (χ1n) is 9.37. The van der Waals surface area contributed by atoms with Crippen molar-refractivity contribution in [1.29, 1.82) is 0 Å². The number of hydrogen-bond acceptors (Lipinski definition) is 3. The fourth-order valence-corrected chi connectivity index (χ4v) is 3.91. The van der Waals surface area contributed by atoms with Crippen LogP contribution in [0.25, 0.3) is 0 Å². The van der Waals surface area contributed by atoms with Crippen LogP contribution in [0.2, 0.25) is 5.02 Å².